The molecule has 2 N–H and O–H groups in total. The van der Waals surface area contributed by atoms with Crippen LogP contribution in [0.25, 0.3) is 10.9 Å². The molecule has 21 heavy (non-hydrogen) atoms. The number of hydrogen-bond donors (Lipinski definition) is 2. The smallest absolute Gasteiger partial charge is 0.189 e. The minimum absolute atomic E-state index is 0.0907. The number of aromatic amines is 1. The topological polar surface area (TPSA) is 48.1 Å². The van der Waals surface area contributed by atoms with Gasteiger partial charge in [0, 0.05) is 42.3 Å². The third-order valence-corrected chi connectivity index (χ3v) is 3.86. The van der Waals surface area contributed by atoms with Crippen molar-refractivity contribution >= 4 is 10.9 Å². The van der Waals surface area contributed by atoms with Crippen LogP contribution in [0.4, 0.5) is 0 Å². The first kappa shape index (κ1) is 15.7. The van der Waals surface area contributed by atoms with Crippen LogP contribution in [0.1, 0.15) is 25.1 Å². The van der Waals surface area contributed by atoms with E-state index in [1.54, 1.807) is 6.07 Å². The van der Waals surface area contributed by atoms with E-state index in [1.165, 1.54) is 0 Å². The SMILES string of the molecule is CCN(CC)CCNCc1cc(=O)c2cc(C)ccc2[nH]1. The number of H-pyrrole nitrogens is 1. The summed E-state index contributed by atoms with van der Waals surface area (Å²) in [6.45, 7) is 11.1. The second-order valence-corrected chi connectivity index (χ2v) is 5.41. The summed E-state index contributed by atoms with van der Waals surface area (Å²) in [6, 6.07) is 7.64. The van der Waals surface area contributed by atoms with E-state index < -0.39 is 0 Å². The fraction of sp³-hybridized carbons (Fsp3) is 0.471. The van der Waals surface area contributed by atoms with Gasteiger partial charge in [0.1, 0.15) is 0 Å². The van der Waals surface area contributed by atoms with Gasteiger partial charge in [0.25, 0.3) is 0 Å². The quantitative estimate of drug-likeness (QED) is 0.768. The van der Waals surface area contributed by atoms with Crippen LogP contribution in [0.15, 0.2) is 29.1 Å². The van der Waals surface area contributed by atoms with E-state index in [9.17, 15) is 4.79 Å². The molecule has 4 heteroatoms. The van der Waals surface area contributed by atoms with E-state index in [4.69, 9.17) is 0 Å². The van der Waals surface area contributed by atoms with Gasteiger partial charge >= 0.3 is 0 Å². The minimum atomic E-state index is 0.0907. The fourth-order valence-electron chi connectivity index (χ4n) is 2.51. The van der Waals surface area contributed by atoms with Crippen molar-refractivity contribution in [1.29, 1.82) is 0 Å². The Morgan fingerprint density at radius 2 is 1.95 bits per heavy atom. The number of hydrogen-bond acceptors (Lipinski definition) is 3. The van der Waals surface area contributed by atoms with Crippen molar-refractivity contribution in [3.8, 4) is 0 Å². The number of nitrogens with one attached hydrogen (secondary N) is 2. The molecule has 2 rings (SSSR count). The van der Waals surface area contributed by atoms with Gasteiger partial charge in [0.15, 0.2) is 5.43 Å². The lowest BCUT2D eigenvalue weighted by molar-refractivity contribution is 0.302. The summed E-state index contributed by atoms with van der Waals surface area (Å²) in [6.07, 6.45) is 0. The highest BCUT2D eigenvalue weighted by molar-refractivity contribution is 5.79. The van der Waals surface area contributed by atoms with Crippen molar-refractivity contribution in [3.63, 3.8) is 0 Å². The Morgan fingerprint density at radius 3 is 2.67 bits per heavy atom. The largest absolute Gasteiger partial charge is 0.357 e. The molecule has 1 aromatic heterocycles. The lowest BCUT2D eigenvalue weighted by atomic mass is 10.1. The molecule has 4 nitrogen and oxygen atoms in total. The first-order valence-corrected chi connectivity index (χ1v) is 7.69. The molecule has 2 aromatic rings. The summed E-state index contributed by atoms with van der Waals surface area (Å²) in [5.74, 6) is 0. The van der Waals surface area contributed by atoms with Crippen LogP contribution in [0, 0.1) is 6.92 Å². The fourth-order valence-corrected chi connectivity index (χ4v) is 2.51. The predicted octanol–water partition coefficient (Wildman–Crippen LogP) is 2.27. The molecule has 0 aliphatic carbocycles. The molecular formula is C17H25N3O. The van der Waals surface area contributed by atoms with Crippen molar-refractivity contribution in [2.45, 2.75) is 27.3 Å². The Bertz CT molecular complexity index is 644. The van der Waals surface area contributed by atoms with Gasteiger partial charge in [-0.2, -0.15) is 0 Å². The highest BCUT2D eigenvalue weighted by Gasteiger charge is 2.03. The molecule has 0 saturated heterocycles. The molecule has 0 saturated carbocycles. The molecule has 0 radical (unpaired) electrons. The average Bonchev–Trinajstić information content (AvgIpc) is 2.48. The first-order chi connectivity index (χ1) is 10.1. The van der Waals surface area contributed by atoms with Crippen LogP contribution < -0.4 is 10.7 Å². The highest BCUT2D eigenvalue weighted by Crippen LogP contribution is 2.10. The van der Waals surface area contributed by atoms with Gasteiger partial charge in [0.2, 0.25) is 0 Å². The zero-order valence-corrected chi connectivity index (χ0v) is 13.2. The molecule has 0 amide bonds. The molecule has 0 bridgehead atoms. The molecule has 0 unspecified atom stereocenters. The zero-order chi connectivity index (χ0) is 15.2. The van der Waals surface area contributed by atoms with Crippen molar-refractivity contribution in [3.05, 3.63) is 45.7 Å². The maximum atomic E-state index is 12.1. The molecule has 0 aliphatic rings. The molecule has 1 heterocycles. The Kier molecular flexibility index (Phi) is 5.53. The number of rotatable bonds is 7. The van der Waals surface area contributed by atoms with Gasteiger partial charge in [0.05, 0.1) is 0 Å². The standard InChI is InChI=1S/C17H25N3O/c1-4-20(5-2)9-8-18-12-14-11-17(21)15-10-13(3)6-7-16(15)19-14/h6-7,10-11,18H,4-5,8-9,12H2,1-3H3,(H,19,21). The van der Waals surface area contributed by atoms with Gasteiger partial charge in [-0.05, 0) is 32.1 Å². The maximum absolute atomic E-state index is 12.1. The summed E-state index contributed by atoms with van der Waals surface area (Å²) < 4.78 is 0. The summed E-state index contributed by atoms with van der Waals surface area (Å²) in [7, 11) is 0. The number of nitrogens with zero attached hydrogens (tertiary/aromatic N) is 1. The third kappa shape index (κ3) is 4.16. The highest BCUT2D eigenvalue weighted by atomic mass is 16.1. The van der Waals surface area contributed by atoms with E-state index in [2.05, 4.69) is 29.0 Å². The van der Waals surface area contributed by atoms with Crippen LogP contribution >= 0.6 is 0 Å². The van der Waals surface area contributed by atoms with E-state index in [-0.39, 0.29) is 5.43 Å². The maximum Gasteiger partial charge on any atom is 0.189 e. The van der Waals surface area contributed by atoms with Gasteiger partial charge in [-0.3, -0.25) is 4.79 Å². The average molecular weight is 287 g/mol. The van der Waals surface area contributed by atoms with Gasteiger partial charge < -0.3 is 15.2 Å². The van der Waals surface area contributed by atoms with E-state index in [0.717, 1.165) is 48.3 Å². The number of fused-ring (bicyclic) bond motifs is 1. The van der Waals surface area contributed by atoms with E-state index in [1.807, 2.05) is 25.1 Å². The van der Waals surface area contributed by atoms with Crippen LogP contribution in [-0.2, 0) is 6.54 Å². The minimum Gasteiger partial charge on any atom is -0.357 e. The summed E-state index contributed by atoms with van der Waals surface area (Å²) in [4.78, 5) is 17.8. The van der Waals surface area contributed by atoms with Crippen molar-refractivity contribution in [2.75, 3.05) is 26.2 Å². The van der Waals surface area contributed by atoms with Crippen LogP contribution in [0.5, 0.6) is 0 Å². The monoisotopic (exact) mass is 287 g/mol. The number of benzene rings is 1. The van der Waals surface area contributed by atoms with Crippen LogP contribution in [-0.4, -0.2) is 36.1 Å². The van der Waals surface area contributed by atoms with Crippen molar-refractivity contribution in [2.24, 2.45) is 0 Å². The summed E-state index contributed by atoms with van der Waals surface area (Å²) in [5.41, 5.74) is 3.05. The van der Waals surface area contributed by atoms with Crippen LogP contribution in [0.3, 0.4) is 0 Å². The normalized spacial score (nSPS) is 11.4. The van der Waals surface area contributed by atoms with E-state index >= 15 is 0 Å². The molecule has 0 fully saturated rings. The molecule has 0 spiro atoms. The number of likely N-dealkylation sites (N-methyl/N-ethyl adjacent to an activating group) is 1. The first-order valence-electron chi connectivity index (χ1n) is 7.69. The zero-order valence-electron chi connectivity index (χ0n) is 13.2. The van der Waals surface area contributed by atoms with Crippen LogP contribution in [0.2, 0.25) is 0 Å². The number of pyridine rings is 1. The molecular weight excluding hydrogens is 262 g/mol. The molecule has 1 aromatic carbocycles. The molecule has 114 valence electrons. The summed E-state index contributed by atoms with van der Waals surface area (Å²) in [5, 5.41) is 4.16. The lowest BCUT2D eigenvalue weighted by Gasteiger charge is -2.18. The Morgan fingerprint density at radius 1 is 1.19 bits per heavy atom. The predicted molar refractivity (Wildman–Crippen MR) is 88.8 cm³/mol. The molecule has 0 aliphatic heterocycles. The van der Waals surface area contributed by atoms with Crippen molar-refractivity contribution < 1.29 is 0 Å². The second kappa shape index (κ2) is 7.38. The van der Waals surface area contributed by atoms with Crippen molar-refractivity contribution in [1.82, 2.24) is 15.2 Å². The van der Waals surface area contributed by atoms with Gasteiger partial charge in [-0.1, -0.05) is 25.5 Å². The Hall–Kier alpha value is -1.65. The Balaban J connectivity index is 2.00. The Labute approximate surface area is 126 Å². The second-order valence-electron chi connectivity index (χ2n) is 5.41. The van der Waals surface area contributed by atoms with Gasteiger partial charge in [-0.25, -0.2) is 0 Å². The third-order valence-electron chi connectivity index (χ3n) is 3.86. The number of aromatic nitrogens is 1. The van der Waals surface area contributed by atoms with E-state index in [0.29, 0.717) is 6.54 Å². The molecule has 0 atom stereocenters. The summed E-state index contributed by atoms with van der Waals surface area (Å²) >= 11 is 0. The van der Waals surface area contributed by atoms with Gasteiger partial charge in [-0.15, -0.1) is 0 Å². The number of aryl methyl sites for hydroxylation is 1. The lowest BCUT2D eigenvalue weighted by Crippen LogP contribution is -2.31.